The van der Waals surface area contributed by atoms with Crippen LogP contribution in [0.1, 0.15) is 22.0 Å². The molecular formula is C23H24FN3O4S2. The van der Waals surface area contributed by atoms with Crippen LogP contribution in [0.15, 0.2) is 70.3 Å². The molecule has 2 heterocycles. The van der Waals surface area contributed by atoms with E-state index >= 15 is 0 Å². The number of carbonyl (C=O) groups is 1. The number of ether oxygens (including phenoxy) is 1. The maximum absolute atomic E-state index is 13.4. The predicted molar refractivity (Wildman–Crippen MR) is 125 cm³/mol. The van der Waals surface area contributed by atoms with Crippen LogP contribution in [0.25, 0.3) is 0 Å². The third-order valence-electron chi connectivity index (χ3n) is 5.33. The molecule has 4 rings (SSSR count). The van der Waals surface area contributed by atoms with Gasteiger partial charge in [0.15, 0.2) is 0 Å². The number of nitrogens with one attached hydrogen (secondary N) is 2. The monoisotopic (exact) mass is 489 g/mol. The van der Waals surface area contributed by atoms with E-state index in [-0.39, 0.29) is 22.0 Å². The van der Waals surface area contributed by atoms with Crippen molar-refractivity contribution in [1.82, 2.24) is 10.2 Å². The zero-order chi connectivity index (χ0) is 23.3. The van der Waals surface area contributed by atoms with E-state index in [1.165, 1.54) is 24.3 Å². The topological polar surface area (TPSA) is 87.7 Å². The molecule has 0 radical (unpaired) electrons. The second-order valence-corrected chi connectivity index (χ2v) is 10.4. The van der Waals surface area contributed by atoms with Gasteiger partial charge in [0.05, 0.1) is 19.3 Å². The Balaban J connectivity index is 1.46. The minimum absolute atomic E-state index is 0.140. The number of nitrogens with zero attached hydrogens (tertiary/aromatic N) is 1. The summed E-state index contributed by atoms with van der Waals surface area (Å²) in [7, 11) is -3.70. The van der Waals surface area contributed by atoms with Crippen molar-refractivity contribution in [2.45, 2.75) is 10.3 Å². The van der Waals surface area contributed by atoms with Crippen molar-refractivity contribution in [1.29, 1.82) is 0 Å². The fourth-order valence-corrected chi connectivity index (χ4v) is 5.71. The van der Waals surface area contributed by atoms with Crippen LogP contribution < -0.4 is 10.0 Å². The van der Waals surface area contributed by atoms with Crippen molar-refractivity contribution in [3.63, 3.8) is 0 Å². The summed E-state index contributed by atoms with van der Waals surface area (Å²) in [5.41, 5.74) is 1.54. The Morgan fingerprint density at radius 1 is 1.09 bits per heavy atom. The van der Waals surface area contributed by atoms with Gasteiger partial charge in [-0.3, -0.25) is 14.4 Å². The Hall–Kier alpha value is -2.79. The predicted octanol–water partition coefficient (Wildman–Crippen LogP) is 3.49. The van der Waals surface area contributed by atoms with Crippen LogP contribution >= 0.6 is 11.3 Å². The number of thiophene rings is 1. The summed E-state index contributed by atoms with van der Waals surface area (Å²) < 4.78 is 46.5. The van der Waals surface area contributed by atoms with Gasteiger partial charge in [-0.1, -0.05) is 24.3 Å². The molecule has 1 aliphatic heterocycles. The minimum atomic E-state index is -3.70. The second kappa shape index (κ2) is 10.4. The van der Waals surface area contributed by atoms with Crippen LogP contribution in [0.3, 0.4) is 0 Å². The smallest absolute Gasteiger partial charge is 0.271 e. The second-order valence-electron chi connectivity index (χ2n) is 7.54. The number of amides is 1. The Morgan fingerprint density at radius 2 is 1.85 bits per heavy atom. The highest BCUT2D eigenvalue weighted by molar-refractivity contribution is 7.94. The Labute approximate surface area is 196 Å². The van der Waals surface area contributed by atoms with Gasteiger partial charge < -0.3 is 10.1 Å². The third kappa shape index (κ3) is 5.97. The van der Waals surface area contributed by atoms with Crippen LogP contribution in [-0.2, 0) is 14.8 Å². The summed E-state index contributed by atoms with van der Waals surface area (Å²) in [5.74, 6) is -0.641. The van der Waals surface area contributed by atoms with E-state index in [9.17, 15) is 17.6 Å². The van der Waals surface area contributed by atoms with Crippen LogP contribution in [-0.4, -0.2) is 52.1 Å². The molecule has 3 aromatic rings. The van der Waals surface area contributed by atoms with Gasteiger partial charge in [-0.05, 0) is 47.3 Å². The summed E-state index contributed by atoms with van der Waals surface area (Å²) in [4.78, 5) is 15.1. The summed E-state index contributed by atoms with van der Waals surface area (Å²) >= 11 is 1.12. The zero-order valence-corrected chi connectivity index (χ0v) is 19.4. The molecule has 1 atom stereocenters. The molecular weight excluding hydrogens is 465 g/mol. The first-order chi connectivity index (χ1) is 15.9. The van der Waals surface area contributed by atoms with Crippen LogP contribution in [0.5, 0.6) is 0 Å². The maximum Gasteiger partial charge on any atom is 0.271 e. The normalized spacial score (nSPS) is 15.7. The quantitative estimate of drug-likeness (QED) is 0.506. The van der Waals surface area contributed by atoms with E-state index in [0.29, 0.717) is 44.1 Å². The lowest BCUT2D eigenvalue weighted by Crippen LogP contribution is -2.43. The molecule has 0 saturated carbocycles. The fourth-order valence-electron chi connectivity index (χ4n) is 3.67. The number of rotatable bonds is 8. The molecule has 1 aromatic heterocycles. The first-order valence-corrected chi connectivity index (χ1v) is 12.8. The lowest BCUT2D eigenvalue weighted by atomic mass is 10.0. The number of halogens is 1. The van der Waals surface area contributed by atoms with Crippen molar-refractivity contribution < 1.29 is 22.3 Å². The first-order valence-electron chi connectivity index (χ1n) is 10.4. The lowest BCUT2D eigenvalue weighted by molar-refractivity contribution is 0.0162. The molecule has 1 unspecified atom stereocenters. The molecule has 1 fully saturated rings. The molecule has 10 heteroatoms. The van der Waals surface area contributed by atoms with E-state index in [0.717, 1.165) is 16.9 Å². The van der Waals surface area contributed by atoms with Gasteiger partial charge in [0.1, 0.15) is 10.0 Å². The van der Waals surface area contributed by atoms with Crippen LogP contribution in [0, 0.1) is 5.82 Å². The largest absolute Gasteiger partial charge is 0.379 e. The number of hydrogen-bond acceptors (Lipinski definition) is 6. The summed E-state index contributed by atoms with van der Waals surface area (Å²) in [6.45, 7) is 2.92. The fraction of sp³-hybridized carbons (Fsp3) is 0.261. The number of benzene rings is 2. The highest BCUT2D eigenvalue weighted by atomic mass is 32.2. The van der Waals surface area contributed by atoms with E-state index in [1.807, 2.05) is 0 Å². The standard InChI is InChI=1S/C23H24FN3O4S2/c24-19-8-6-17(7-9-19)21(27-10-12-31-13-11-27)16-25-23(28)18-3-1-4-20(15-18)26-33(29,30)22-5-2-14-32-22/h1-9,14-15,21,26H,10-13,16H2,(H,25,28). The maximum atomic E-state index is 13.4. The molecule has 0 bridgehead atoms. The summed E-state index contributed by atoms with van der Waals surface area (Å²) in [5, 5.41) is 4.62. The first kappa shape index (κ1) is 23.4. The Kier molecular flexibility index (Phi) is 7.39. The van der Waals surface area contributed by atoms with E-state index in [4.69, 9.17) is 4.74 Å². The molecule has 174 valence electrons. The van der Waals surface area contributed by atoms with Crippen molar-refractivity contribution in [3.05, 3.63) is 83.0 Å². The third-order valence-corrected chi connectivity index (χ3v) is 8.11. The molecule has 0 spiro atoms. The van der Waals surface area contributed by atoms with E-state index in [2.05, 4.69) is 14.9 Å². The lowest BCUT2D eigenvalue weighted by Gasteiger charge is -2.35. The summed E-state index contributed by atoms with van der Waals surface area (Å²) in [6.07, 6.45) is 0. The summed E-state index contributed by atoms with van der Waals surface area (Å²) in [6, 6.07) is 15.7. The van der Waals surface area contributed by atoms with Gasteiger partial charge in [0, 0.05) is 30.9 Å². The van der Waals surface area contributed by atoms with Crippen LogP contribution in [0.2, 0.25) is 0 Å². The highest BCUT2D eigenvalue weighted by Gasteiger charge is 2.24. The van der Waals surface area contributed by atoms with Crippen molar-refractivity contribution in [3.8, 4) is 0 Å². The van der Waals surface area contributed by atoms with Gasteiger partial charge in [0.2, 0.25) is 0 Å². The number of hydrogen-bond donors (Lipinski definition) is 2. The van der Waals surface area contributed by atoms with Gasteiger partial charge in [-0.2, -0.15) is 0 Å². The van der Waals surface area contributed by atoms with Crippen molar-refractivity contribution in [2.24, 2.45) is 0 Å². The SMILES string of the molecule is O=C(NCC(c1ccc(F)cc1)N1CCOCC1)c1cccc(NS(=O)(=O)c2cccs2)c1. The van der Waals surface area contributed by atoms with E-state index < -0.39 is 10.0 Å². The number of sulfonamides is 1. The number of anilines is 1. The van der Waals surface area contributed by atoms with Crippen molar-refractivity contribution >= 4 is 33.0 Å². The van der Waals surface area contributed by atoms with Crippen LogP contribution in [0.4, 0.5) is 10.1 Å². The van der Waals surface area contributed by atoms with Gasteiger partial charge >= 0.3 is 0 Å². The minimum Gasteiger partial charge on any atom is -0.379 e. The highest BCUT2D eigenvalue weighted by Crippen LogP contribution is 2.23. The number of carbonyl (C=O) groups excluding carboxylic acids is 1. The van der Waals surface area contributed by atoms with Gasteiger partial charge in [-0.15, -0.1) is 11.3 Å². The Morgan fingerprint density at radius 3 is 2.55 bits per heavy atom. The molecule has 33 heavy (non-hydrogen) atoms. The molecule has 2 N–H and O–H groups in total. The average Bonchev–Trinajstić information content (AvgIpc) is 3.37. The molecule has 0 aliphatic carbocycles. The molecule has 1 saturated heterocycles. The van der Waals surface area contributed by atoms with Crippen molar-refractivity contribution in [2.75, 3.05) is 37.6 Å². The number of morpholine rings is 1. The molecule has 1 aliphatic rings. The van der Waals surface area contributed by atoms with Gasteiger partial charge in [0.25, 0.3) is 15.9 Å². The van der Waals surface area contributed by atoms with E-state index in [1.54, 1.807) is 41.8 Å². The Bertz CT molecular complexity index is 1180. The molecule has 2 aromatic carbocycles. The zero-order valence-electron chi connectivity index (χ0n) is 17.7. The molecule has 7 nitrogen and oxygen atoms in total. The average molecular weight is 490 g/mol. The van der Waals surface area contributed by atoms with Gasteiger partial charge in [-0.25, -0.2) is 12.8 Å². The molecule has 1 amide bonds.